The van der Waals surface area contributed by atoms with E-state index in [9.17, 15) is 14.7 Å². The lowest BCUT2D eigenvalue weighted by atomic mass is 9.96. The fraction of sp³-hybridized carbons (Fsp3) is 0.222. The van der Waals surface area contributed by atoms with Crippen LogP contribution < -0.4 is 9.64 Å². The smallest absolute Gasteiger partial charge is 0.300 e. The summed E-state index contributed by atoms with van der Waals surface area (Å²) >= 11 is 0. The van der Waals surface area contributed by atoms with Gasteiger partial charge in [0.15, 0.2) is 0 Å². The number of aliphatic hydroxyl groups excluding tert-OH is 1. The average molecular weight is 440 g/mol. The maximum absolute atomic E-state index is 13.3. The molecule has 0 saturated carbocycles. The van der Waals surface area contributed by atoms with E-state index in [0.717, 1.165) is 35.3 Å². The number of benzene rings is 2. The molecule has 6 heteroatoms. The van der Waals surface area contributed by atoms with Crippen molar-refractivity contribution >= 4 is 23.1 Å². The van der Waals surface area contributed by atoms with Crippen molar-refractivity contribution in [1.29, 1.82) is 0 Å². The molecule has 0 radical (unpaired) electrons. The fourth-order valence-electron chi connectivity index (χ4n) is 4.67. The minimum atomic E-state index is -0.834. The highest BCUT2D eigenvalue weighted by atomic mass is 16.5. The Kier molecular flexibility index (Phi) is 5.21. The van der Waals surface area contributed by atoms with Gasteiger partial charge in [0.1, 0.15) is 17.6 Å². The zero-order chi connectivity index (χ0) is 23.1. The minimum Gasteiger partial charge on any atom is -0.507 e. The molecule has 1 fully saturated rings. The lowest BCUT2D eigenvalue weighted by molar-refractivity contribution is -0.132. The maximum Gasteiger partial charge on any atom is 0.300 e. The highest BCUT2D eigenvalue weighted by Gasteiger charge is 2.47. The summed E-state index contributed by atoms with van der Waals surface area (Å²) in [6.45, 7) is 4.55. The van der Waals surface area contributed by atoms with Crippen LogP contribution in [0.25, 0.3) is 5.76 Å². The molecule has 166 valence electrons. The third-order valence-electron chi connectivity index (χ3n) is 6.08. The molecule has 5 rings (SSSR count). The van der Waals surface area contributed by atoms with Crippen LogP contribution in [-0.2, 0) is 16.0 Å². The number of hydrogen-bond acceptors (Lipinski definition) is 5. The Hall–Kier alpha value is -3.93. The summed E-state index contributed by atoms with van der Waals surface area (Å²) in [5.74, 6) is -0.825. The molecule has 2 aromatic carbocycles. The summed E-state index contributed by atoms with van der Waals surface area (Å²) in [5.41, 5.74) is 4.56. The third-order valence-corrected chi connectivity index (χ3v) is 6.08. The predicted octanol–water partition coefficient (Wildman–Crippen LogP) is 4.65. The molecule has 0 spiro atoms. The summed E-state index contributed by atoms with van der Waals surface area (Å²) in [5, 5.41) is 11.3. The maximum atomic E-state index is 13.3. The molecule has 1 atom stereocenters. The topological polar surface area (TPSA) is 79.7 Å². The first kappa shape index (κ1) is 20.9. The second kappa shape index (κ2) is 8.20. The van der Waals surface area contributed by atoms with Crippen molar-refractivity contribution in [2.45, 2.75) is 32.7 Å². The minimum absolute atomic E-state index is 0.0366. The second-order valence-electron chi connectivity index (χ2n) is 8.54. The Morgan fingerprint density at radius 3 is 2.58 bits per heavy atom. The number of pyridine rings is 1. The van der Waals surface area contributed by atoms with Gasteiger partial charge in [0, 0.05) is 17.4 Å². The van der Waals surface area contributed by atoms with Crippen LogP contribution in [0.2, 0.25) is 0 Å². The standard InChI is InChI=1S/C27H24N2O4/c1-16-12-17(2)14-20(13-16)29-24(21-7-3-4-10-28-21)23(26(31)27(29)32)25(30)19-8-9-22-18(15-19)6-5-11-33-22/h3-4,7-10,12-15,24,30H,5-6,11H2,1-2H3/b25-23-. The summed E-state index contributed by atoms with van der Waals surface area (Å²) in [4.78, 5) is 32.4. The third kappa shape index (κ3) is 3.67. The number of rotatable bonds is 3. The summed E-state index contributed by atoms with van der Waals surface area (Å²) in [6, 6.07) is 15.6. The number of anilines is 1. The highest BCUT2D eigenvalue weighted by Crippen LogP contribution is 2.42. The van der Waals surface area contributed by atoms with Gasteiger partial charge in [0.05, 0.1) is 17.9 Å². The van der Waals surface area contributed by atoms with Crippen LogP contribution in [0.5, 0.6) is 5.75 Å². The van der Waals surface area contributed by atoms with E-state index in [0.29, 0.717) is 23.6 Å². The molecule has 1 saturated heterocycles. The Labute approximate surface area is 192 Å². The van der Waals surface area contributed by atoms with Gasteiger partial charge < -0.3 is 9.84 Å². The first-order valence-corrected chi connectivity index (χ1v) is 11.0. The van der Waals surface area contributed by atoms with Gasteiger partial charge in [-0.3, -0.25) is 19.5 Å². The Balaban J connectivity index is 1.70. The molecule has 0 aliphatic carbocycles. The number of hydrogen-bond donors (Lipinski definition) is 1. The Morgan fingerprint density at radius 1 is 1.06 bits per heavy atom. The van der Waals surface area contributed by atoms with E-state index in [2.05, 4.69) is 4.98 Å². The van der Waals surface area contributed by atoms with Gasteiger partial charge in [-0.25, -0.2) is 0 Å². The van der Waals surface area contributed by atoms with Crippen LogP contribution in [0.3, 0.4) is 0 Å². The number of ketones is 1. The number of Topliss-reactive ketones (excluding diaryl/α,β-unsaturated/α-hetero) is 1. The van der Waals surface area contributed by atoms with Crippen LogP contribution in [-0.4, -0.2) is 28.4 Å². The normalized spacial score (nSPS) is 19.3. The van der Waals surface area contributed by atoms with Crippen molar-refractivity contribution in [3.63, 3.8) is 0 Å². The molecular weight excluding hydrogens is 416 g/mol. The molecule has 0 bridgehead atoms. The van der Waals surface area contributed by atoms with E-state index in [-0.39, 0.29) is 11.3 Å². The quantitative estimate of drug-likeness (QED) is 0.364. The van der Waals surface area contributed by atoms with Crippen LogP contribution in [0.4, 0.5) is 5.69 Å². The number of fused-ring (bicyclic) bond motifs is 1. The van der Waals surface area contributed by atoms with E-state index in [1.165, 1.54) is 4.90 Å². The summed E-state index contributed by atoms with van der Waals surface area (Å²) < 4.78 is 5.67. The van der Waals surface area contributed by atoms with E-state index in [1.807, 2.05) is 38.1 Å². The van der Waals surface area contributed by atoms with Gasteiger partial charge in [-0.1, -0.05) is 12.1 Å². The SMILES string of the molecule is Cc1cc(C)cc(N2C(=O)C(=O)/C(=C(\O)c3ccc4c(c3)CCCO4)C2c2ccccn2)c1. The van der Waals surface area contributed by atoms with Crippen molar-refractivity contribution in [3.8, 4) is 5.75 Å². The number of ether oxygens (including phenoxy) is 1. The van der Waals surface area contributed by atoms with Crippen molar-refractivity contribution in [2.75, 3.05) is 11.5 Å². The van der Waals surface area contributed by atoms with Gasteiger partial charge in [-0.15, -0.1) is 0 Å². The van der Waals surface area contributed by atoms with Crippen LogP contribution in [0.1, 0.15) is 40.4 Å². The number of carbonyl (C=O) groups is 2. The van der Waals surface area contributed by atoms with Gasteiger partial charge in [0.2, 0.25) is 0 Å². The summed E-state index contributed by atoms with van der Waals surface area (Å²) in [6.07, 6.45) is 3.34. The number of amides is 1. The predicted molar refractivity (Wildman–Crippen MR) is 125 cm³/mol. The highest BCUT2D eigenvalue weighted by molar-refractivity contribution is 6.51. The molecule has 1 aromatic heterocycles. The molecule has 1 N–H and O–H groups in total. The molecule has 2 aliphatic heterocycles. The average Bonchev–Trinajstić information content (AvgIpc) is 3.08. The second-order valence-corrected chi connectivity index (χ2v) is 8.54. The van der Waals surface area contributed by atoms with Gasteiger partial charge in [-0.2, -0.15) is 0 Å². The largest absolute Gasteiger partial charge is 0.507 e. The molecule has 1 unspecified atom stereocenters. The number of aliphatic hydroxyl groups is 1. The van der Waals surface area contributed by atoms with Crippen molar-refractivity contribution in [3.05, 3.63) is 94.3 Å². The molecule has 3 aromatic rings. The van der Waals surface area contributed by atoms with E-state index < -0.39 is 17.7 Å². The Morgan fingerprint density at radius 2 is 1.85 bits per heavy atom. The lowest BCUT2D eigenvalue weighted by Crippen LogP contribution is -2.30. The molecular formula is C27H24N2O4. The van der Waals surface area contributed by atoms with Gasteiger partial charge in [0.25, 0.3) is 11.7 Å². The first-order chi connectivity index (χ1) is 15.9. The monoisotopic (exact) mass is 440 g/mol. The van der Waals surface area contributed by atoms with Crippen molar-refractivity contribution in [2.24, 2.45) is 0 Å². The van der Waals surface area contributed by atoms with Crippen LogP contribution in [0.15, 0.2) is 66.4 Å². The van der Waals surface area contributed by atoms with Crippen molar-refractivity contribution in [1.82, 2.24) is 4.98 Å². The van der Waals surface area contributed by atoms with E-state index >= 15 is 0 Å². The zero-order valence-corrected chi connectivity index (χ0v) is 18.5. The van der Waals surface area contributed by atoms with E-state index in [1.54, 1.807) is 36.5 Å². The van der Waals surface area contributed by atoms with Crippen LogP contribution >= 0.6 is 0 Å². The number of nitrogens with zero attached hydrogens (tertiary/aromatic N) is 2. The zero-order valence-electron chi connectivity index (χ0n) is 18.5. The molecule has 1 amide bonds. The molecule has 33 heavy (non-hydrogen) atoms. The van der Waals surface area contributed by atoms with Crippen LogP contribution in [0, 0.1) is 13.8 Å². The number of aromatic nitrogens is 1. The number of carbonyl (C=O) groups excluding carboxylic acids is 2. The molecule has 2 aliphatic rings. The Bertz CT molecular complexity index is 1280. The van der Waals surface area contributed by atoms with E-state index in [4.69, 9.17) is 4.74 Å². The first-order valence-electron chi connectivity index (χ1n) is 11.0. The molecule has 3 heterocycles. The fourth-order valence-corrected chi connectivity index (χ4v) is 4.67. The molecule has 6 nitrogen and oxygen atoms in total. The van der Waals surface area contributed by atoms with Gasteiger partial charge >= 0.3 is 0 Å². The number of aryl methyl sites for hydroxylation is 3. The lowest BCUT2D eigenvalue weighted by Gasteiger charge is -2.25. The van der Waals surface area contributed by atoms with Crippen molar-refractivity contribution < 1.29 is 19.4 Å². The summed E-state index contributed by atoms with van der Waals surface area (Å²) in [7, 11) is 0. The van der Waals surface area contributed by atoms with Gasteiger partial charge in [-0.05, 0) is 85.8 Å².